The molecule has 0 heterocycles. The van der Waals surface area contributed by atoms with E-state index in [1.54, 1.807) is 6.07 Å². The summed E-state index contributed by atoms with van der Waals surface area (Å²) >= 11 is 6.07. The minimum atomic E-state index is -0.834. The number of benzene rings is 1. The van der Waals surface area contributed by atoms with E-state index in [0.717, 1.165) is 5.56 Å². The fraction of sp³-hybridized carbons (Fsp3) is 0.462. The number of hydrogen-bond donors (Lipinski definition) is 2. The molecule has 0 amide bonds. The van der Waals surface area contributed by atoms with Crippen LogP contribution in [0.2, 0.25) is 5.02 Å². The molecule has 94 valence electrons. The Bertz CT molecular complexity index is 393. The summed E-state index contributed by atoms with van der Waals surface area (Å²) < 4.78 is 0. The van der Waals surface area contributed by atoms with Gasteiger partial charge in [-0.05, 0) is 24.5 Å². The Labute approximate surface area is 107 Å². The first-order chi connectivity index (χ1) is 7.93. The minimum Gasteiger partial charge on any atom is -0.480 e. The summed E-state index contributed by atoms with van der Waals surface area (Å²) in [4.78, 5) is 11.1. The molecule has 0 radical (unpaired) electrons. The van der Waals surface area contributed by atoms with E-state index in [-0.39, 0.29) is 12.0 Å². The van der Waals surface area contributed by atoms with Crippen LogP contribution < -0.4 is 5.32 Å². The lowest BCUT2D eigenvalue weighted by Gasteiger charge is -2.23. The van der Waals surface area contributed by atoms with Gasteiger partial charge in [0.25, 0.3) is 0 Å². The SMILES string of the molecule is CC(NC(C(=O)O)C(C)C)c1ccccc1Cl. The number of hydrogen-bond acceptors (Lipinski definition) is 2. The Kier molecular flexibility index (Phi) is 4.97. The minimum absolute atomic E-state index is 0.0254. The molecule has 1 aromatic carbocycles. The number of carboxylic acids is 1. The third-order valence-electron chi connectivity index (χ3n) is 2.73. The molecule has 0 aromatic heterocycles. The predicted octanol–water partition coefficient (Wildman–Crippen LogP) is 3.10. The van der Waals surface area contributed by atoms with Gasteiger partial charge < -0.3 is 5.11 Å². The largest absolute Gasteiger partial charge is 0.480 e. The Morgan fingerprint density at radius 3 is 2.35 bits per heavy atom. The van der Waals surface area contributed by atoms with Crippen LogP contribution in [0.25, 0.3) is 0 Å². The summed E-state index contributed by atoms with van der Waals surface area (Å²) in [6, 6.07) is 6.80. The molecule has 0 aliphatic carbocycles. The zero-order valence-electron chi connectivity index (χ0n) is 10.3. The summed E-state index contributed by atoms with van der Waals surface area (Å²) in [6.07, 6.45) is 0. The van der Waals surface area contributed by atoms with Crippen LogP contribution >= 0.6 is 11.6 Å². The molecule has 0 aliphatic rings. The maximum absolute atomic E-state index is 11.1. The second kappa shape index (κ2) is 6.03. The van der Waals surface area contributed by atoms with Crippen LogP contribution in [0.4, 0.5) is 0 Å². The molecular weight excluding hydrogens is 238 g/mol. The molecule has 2 unspecified atom stereocenters. The van der Waals surface area contributed by atoms with E-state index in [4.69, 9.17) is 16.7 Å². The molecule has 0 fully saturated rings. The molecule has 0 spiro atoms. The van der Waals surface area contributed by atoms with E-state index in [2.05, 4.69) is 5.32 Å². The van der Waals surface area contributed by atoms with Crippen molar-refractivity contribution in [2.75, 3.05) is 0 Å². The van der Waals surface area contributed by atoms with Gasteiger partial charge in [-0.15, -0.1) is 0 Å². The van der Waals surface area contributed by atoms with Crippen LogP contribution in [0, 0.1) is 5.92 Å². The normalized spacial score (nSPS) is 14.6. The number of rotatable bonds is 5. The molecule has 2 atom stereocenters. The van der Waals surface area contributed by atoms with E-state index >= 15 is 0 Å². The lowest BCUT2D eigenvalue weighted by Crippen LogP contribution is -2.42. The van der Waals surface area contributed by atoms with Crippen molar-refractivity contribution >= 4 is 17.6 Å². The van der Waals surface area contributed by atoms with Crippen LogP contribution in [-0.4, -0.2) is 17.1 Å². The highest BCUT2D eigenvalue weighted by Gasteiger charge is 2.23. The second-order valence-corrected chi connectivity index (χ2v) is 4.88. The first kappa shape index (κ1) is 14.0. The molecule has 1 aromatic rings. The van der Waals surface area contributed by atoms with Gasteiger partial charge in [-0.2, -0.15) is 0 Å². The van der Waals surface area contributed by atoms with Crippen LogP contribution in [0.5, 0.6) is 0 Å². The van der Waals surface area contributed by atoms with Gasteiger partial charge in [-0.3, -0.25) is 10.1 Å². The van der Waals surface area contributed by atoms with Gasteiger partial charge in [0.1, 0.15) is 6.04 Å². The third kappa shape index (κ3) is 3.72. The van der Waals surface area contributed by atoms with Gasteiger partial charge in [0.2, 0.25) is 0 Å². The van der Waals surface area contributed by atoms with E-state index < -0.39 is 12.0 Å². The molecule has 17 heavy (non-hydrogen) atoms. The second-order valence-electron chi connectivity index (χ2n) is 4.47. The van der Waals surface area contributed by atoms with Crippen molar-refractivity contribution in [1.29, 1.82) is 0 Å². The lowest BCUT2D eigenvalue weighted by atomic mass is 10.0. The lowest BCUT2D eigenvalue weighted by molar-refractivity contribution is -0.140. The maximum Gasteiger partial charge on any atom is 0.320 e. The summed E-state index contributed by atoms with van der Waals surface area (Å²) in [5.41, 5.74) is 0.918. The Hall–Kier alpha value is -1.06. The van der Waals surface area contributed by atoms with Crippen LogP contribution in [0.15, 0.2) is 24.3 Å². The first-order valence-corrected chi connectivity index (χ1v) is 6.04. The molecule has 0 saturated heterocycles. The van der Waals surface area contributed by atoms with E-state index in [9.17, 15) is 4.79 Å². The fourth-order valence-electron chi connectivity index (χ4n) is 1.73. The quantitative estimate of drug-likeness (QED) is 0.850. The number of aliphatic carboxylic acids is 1. The molecule has 0 aliphatic heterocycles. The molecule has 3 nitrogen and oxygen atoms in total. The van der Waals surface area contributed by atoms with Crippen molar-refractivity contribution in [1.82, 2.24) is 5.32 Å². The van der Waals surface area contributed by atoms with E-state index in [1.807, 2.05) is 39.0 Å². The van der Waals surface area contributed by atoms with Gasteiger partial charge in [0.15, 0.2) is 0 Å². The van der Waals surface area contributed by atoms with Crippen LogP contribution in [0.1, 0.15) is 32.4 Å². The topological polar surface area (TPSA) is 49.3 Å². The Morgan fingerprint density at radius 2 is 1.88 bits per heavy atom. The van der Waals surface area contributed by atoms with Crippen molar-refractivity contribution in [2.45, 2.75) is 32.9 Å². The molecule has 1 rings (SSSR count). The van der Waals surface area contributed by atoms with Crippen molar-refractivity contribution < 1.29 is 9.90 Å². The maximum atomic E-state index is 11.1. The number of halogens is 1. The summed E-state index contributed by atoms with van der Waals surface area (Å²) in [7, 11) is 0. The van der Waals surface area contributed by atoms with Crippen molar-refractivity contribution in [3.05, 3.63) is 34.9 Å². The number of carbonyl (C=O) groups is 1. The van der Waals surface area contributed by atoms with Gasteiger partial charge in [-0.25, -0.2) is 0 Å². The van der Waals surface area contributed by atoms with Gasteiger partial charge >= 0.3 is 5.97 Å². The highest BCUT2D eigenvalue weighted by atomic mass is 35.5. The Morgan fingerprint density at radius 1 is 1.29 bits per heavy atom. The zero-order chi connectivity index (χ0) is 13.0. The highest BCUT2D eigenvalue weighted by Crippen LogP contribution is 2.23. The van der Waals surface area contributed by atoms with Crippen LogP contribution in [-0.2, 0) is 4.79 Å². The smallest absolute Gasteiger partial charge is 0.320 e. The third-order valence-corrected chi connectivity index (χ3v) is 3.08. The fourth-order valence-corrected chi connectivity index (χ4v) is 2.03. The molecular formula is C13H18ClNO2. The van der Waals surface area contributed by atoms with Gasteiger partial charge in [-0.1, -0.05) is 43.6 Å². The monoisotopic (exact) mass is 255 g/mol. The summed E-state index contributed by atoms with van der Waals surface area (Å²) in [5.74, 6) is -0.809. The van der Waals surface area contributed by atoms with Gasteiger partial charge in [0, 0.05) is 11.1 Å². The van der Waals surface area contributed by atoms with Crippen molar-refractivity contribution in [2.24, 2.45) is 5.92 Å². The van der Waals surface area contributed by atoms with Gasteiger partial charge in [0.05, 0.1) is 0 Å². The molecule has 0 bridgehead atoms. The summed E-state index contributed by atoms with van der Waals surface area (Å²) in [5, 5.41) is 12.9. The zero-order valence-corrected chi connectivity index (χ0v) is 11.0. The van der Waals surface area contributed by atoms with E-state index in [0.29, 0.717) is 5.02 Å². The number of nitrogens with one attached hydrogen (secondary N) is 1. The van der Waals surface area contributed by atoms with Crippen molar-refractivity contribution in [3.63, 3.8) is 0 Å². The van der Waals surface area contributed by atoms with Crippen molar-refractivity contribution in [3.8, 4) is 0 Å². The summed E-state index contributed by atoms with van der Waals surface area (Å²) in [6.45, 7) is 5.68. The molecule has 2 N–H and O–H groups in total. The number of carboxylic acid groups (broad SMARTS) is 1. The average Bonchev–Trinajstić information content (AvgIpc) is 2.25. The Balaban J connectivity index is 2.81. The first-order valence-electron chi connectivity index (χ1n) is 5.66. The predicted molar refractivity (Wildman–Crippen MR) is 69.3 cm³/mol. The molecule has 0 saturated carbocycles. The van der Waals surface area contributed by atoms with E-state index in [1.165, 1.54) is 0 Å². The average molecular weight is 256 g/mol. The van der Waals surface area contributed by atoms with Crippen LogP contribution in [0.3, 0.4) is 0 Å². The standard InChI is InChI=1S/C13H18ClNO2/c1-8(2)12(13(16)17)15-9(3)10-6-4-5-7-11(10)14/h4-9,12,15H,1-3H3,(H,16,17). The highest BCUT2D eigenvalue weighted by molar-refractivity contribution is 6.31. The molecule has 4 heteroatoms.